The summed E-state index contributed by atoms with van der Waals surface area (Å²) in [6, 6.07) is 4.89. The predicted octanol–water partition coefficient (Wildman–Crippen LogP) is 2.69. The predicted molar refractivity (Wildman–Crippen MR) is 47.6 cm³/mol. The molecule has 2 rings (SSSR count). The van der Waals surface area contributed by atoms with Crippen LogP contribution in [0.4, 0.5) is 8.78 Å². The molecule has 1 aliphatic rings. The molecular formula is C10H8F2O2. The van der Waals surface area contributed by atoms with Gasteiger partial charge in [0, 0.05) is 5.56 Å². The zero-order valence-electron chi connectivity index (χ0n) is 7.24. The van der Waals surface area contributed by atoms with E-state index in [4.69, 9.17) is 4.74 Å². The van der Waals surface area contributed by atoms with Crippen molar-refractivity contribution in [3.05, 3.63) is 29.8 Å². The number of para-hydroxylation sites is 1. The van der Waals surface area contributed by atoms with Crippen molar-refractivity contribution in [2.75, 3.05) is 6.61 Å². The molecule has 14 heavy (non-hydrogen) atoms. The Balaban J connectivity index is 2.36. The highest BCUT2D eigenvalue weighted by atomic mass is 19.3. The molecule has 0 amide bonds. The number of halogens is 2. The van der Waals surface area contributed by atoms with Gasteiger partial charge in [0.1, 0.15) is 6.61 Å². The van der Waals surface area contributed by atoms with E-state index < -0.39 is 6.61 Å². The first-order chi connectivity index (χ1) is 6.77. The summed E-state index contributed by atoms with van der Waals surface area (Å²) >= 11 is 0. The molecule has 0 saturated heterocycles. The van der Waals surface area contributed by atoms with Crippen LogP contribution in [0.3, 0.4) is 0 Å². The molecule has 0 bridgehead atoms. The summed E-state index contributed by atoms with van der Waals surface area (Å²) in [5, 5.41) is 0. The van der Waals surface area contributed by atoms with E-state index in [0.29, 0.717) is 12.4 Å². The first-order valence-corrected chi connectivity index (χ1v) is 4.14. The van der Waals surface area contributed by atoms with Crippen LogP contribution in [0.2, 0.25) is 0 Å². The largest absolute Gasteiger partial charge is 0.485 e. The summed E-state index contributed by atoms with van der Waals surface area (Å²) in [5.41, 5.74) is 0.759. The topological polar surface area (TPSA) is 18.5 Å². The highest BCUT2D eigenvalue weighted by Crippen LogP contribution is 2.34. The second kappa shape index (κ2) is 3.65. The van der Waals surface area contributed by atoms with E-state index in [-0.39, 0.29) is 5.75 Å². The zero-order chi connectivity index (χ0) is 9.97. The quantitative estimate of drug-likeness (QED) is 0.727. The van der Waals surface area contributed by atoms with E-state index in [1.165, 1.54) is 6.07 Å². The lowest BCUT2D eigenvalue weighted by Crippen LogP contribution is -2.07. The molecule has 2 nitrogen and oxygen atoms in total. The molecule has 0 N–H and O–H groups in total. The lowest BCUT2D eigenvalue weighted by atomic mass is 10.1. The van der Waals surface area contributed by atoms with Gasteiger partial charge in [0.25, 0.3) is 0 Å². The van der Waals surface area contributed by atoms with Crippen molar-refractivity contribution in [2.45, 2.75) is 6.61 Å². The third-order valence-corrected chi connectivity index (χ3v) is 1.85. The molecule has 0 aliphatic carbocycles. The van der Waals surface area contributed by atoms with Gasteiger partial charge in [-0.15, -0.1) is 0 Å². The molecule has 74 valence electrons. The van der Waals surface area contributed by atoms with Crippen molar-refractivity contribution in [1.82, 2.24) is 0 Å². The third-order valence-electron chi connectivity index (χ3n) is 1.85. The summed E-state index contributed by atoms with van der Waals surface area (Å²) in [5.74, 6) is 0.470. The normalized spacial score (nSPS) is 13.6. The standard InChI is InChI=1S/C10H8F2O2/c11-10(12)14-8-5-1-3-7-4-2-6-13-9(7)8/h1-5,10H,6H2. The van der Waals surface area contributed by atoms with E-state index >= 15 is 0 Å². The summed E-state index contributed by atoms with van der Waals surface area (Å²) < 4.78 is 33.5. The molecule has 0 fully saturated rings. The maximum atomic E-state index is 12.0. The number of benzene rings is 1. The highest BCUT2D eigenvalue weighted by Gasteiger charge is 2.14. The van der Waals surface area contributed by atoms with Gasteiger partial charge in [-0.2, -0.15) is 8.78 Å². The van der Waals surface area contributed by atoms with Crippen molar-refractivity contribution >= 4 is 6.08 Å². The van der Waals surface area contributed by atoms with Crippen LogP contribution in [0.5, 0.6) is 11.5 Å². The van der Waals surface area contributed by atoms with Gasteiger partial charge in [-0.1, -0.05) is 18.2 Å². The fraction of sp³-hybridized carbons (Fsp3) is 0.200. The van der Waals surface area contributed by atoms with Crippen LogP contribution in [-0.4, -0.2) is 13.2 Å². The van der Waals surface area contributed by atoms with Crippen LogP contribution in [0.25, 0.3) is 6.08 Å². The van der Waals surface area contributed by atoms with E-state index in [0.717, 1.165) is 5.56 Å². The minimum Gasteiger partial charge on any atom is -0.485 e. The number of ether oxygens (including phenoxy) is 2. The SMILES string of the molecule is FC(F)Oc1cccc2c1OCC=C2. The fourth-order valence-electron chi connectivity index (χ4n) is 1.31. The van der Waals surface area contributed by atoms with Gasteiger partial charge < -0.3 is 9.47 Å². The van der Waals surface area contributed by atoms with E-state index in [1.807, 2.05) is 12.2 Å². The molecule has 0 saturated carbocycles. The Bertz CT molecular complexity index is 361. The first-order valence-electron chi connectivity index (χ1n) is 4.14. The number of fused-ring (bicyclic) bond motifs is 1. The molecule has 1 aliphatic heterocycles. The Hall–Kier alpha value is -1.58. The van der Waals surface area contributed by atoms with Crippen LogP contribution >= 0.6 is 0 Å². The fourth-order valence-corrected chi connectivity index (χ4v) is 1.31. The monoisotopic (exact) mass is 198 g/mol. The average Bonchev–Trinajstić information content (AvgIpc) is 2.18. The Kier molecular flexibility index (Phi) is 2.35. The van der Waals surface area contributed by atoms with Gasteiger partial charge in [0.2, 0.25) is 0 Å². The molecule has 0 spiro atoms. The lowest BCUT2D eigenvalue weighted by Gasteiger charge is -2.16. The Labute approximate surface area is 79.8 Å². The molecule has 4 heteroatoms. The molecular weight excluding hydrogens is 190 g/mol. The smallest absolute Gasteiger partial charge is 0.387 e. The van der Waals surface area contributed by atoms with Gasteiger partial charge in [-0.25, -0.2) is 0 Å². The molecule has 1 heterocycles. The van der Waals surface area contributed by atoms with Gasteiger partial charge in [0.05, 0.1) is 0 Å². The summed E-state index contributed by atoms with van der Waals surface area (Å²) in [4.78, 5) is 0. The van der Waals surface area contributed by atoms with Crippen LogP contribution in [0.1, 0.15) is 5.56 Å². The van der Waals surface area contributed by atoms with Crippen molar-refractivity contribution in [3.63, 3.8) is 0 Å². The Morgan fingerprint density at radius 1 is 1.36 bits per heavy atom. The summed E-state index contributed by atoms with van der Waals surface area (Å²) in [6.45, 7) is -2.44. The number of hydrogen-bond acceptors (Lipinski definition) is 2. The van der Waals surface area contributed by atoms with E-state index in [2.05, 4.69) is 4.74 Å². The number of alkyl halides is 2. The average molecular weight is 198 g/mol. The minimum atomic E-state index is -2.82. The van der Waals surface area contributed by atoms with Crippen molar-refractivity contribution in [1.29, 1.82) is 0 Å². The van der Waals surface area contributed by atoms with Gasteiger partial charge in [-0.3, -0.25) is 0 Å². The van der Waals surface area contributed by atoms with E-state index in [9.17, 15) is 8.78 Å². The molecule has 1 aromatic carbocycles. The third kappa shape index (κ3) is 1.69. The molecule has 0 unspecified atom stereocenters. The minimum absolute atomic E-state index is 0.0850. The maximum Gasteiger partial charge on any atom is 0.387 e. The van der Waals surface area contributed by atoms with Crippen LogP contribution in [0.15, 0.2) is 24.3 Å². The summed E-state index contributed by atoms with van der Waals surface area (Å²) in [7, 11) is 0. The van der Waals surface area contributed by atoms with Gasteiger partial charge in [-0.05, 0) is 12.1 Å². The number of hydrogen-bond donors (Lipinski definition) is 0. The molecule has 0 atom stereocenters. The van der Waals surface area contributed by atoms with Gasteiger partial charge >= 0.3 is 6.61 Å². The first kappa shape index (κ1) is 8.99. The Morgan fingerprint density at radius 2 is 2.21 bits per heavy atom. The van der Waals surface area contributed by atoms with Crippen molar-refractivity contribution in [2.24, 2.45) is 0 Å². The second-order valence-electron chi connectivity index (χ2n) is 2.77. The molecule has 0 aromatic heterocycles. The second-order valence-corrected chi connectivity index (χ2v) is 2.77. The van der Waals surface area contributed by atoms with Crippen LogP contribution in [0, 0.1) is 0 Å². The number of rotatable bonds is 2. The van der Waals surface area contributed by atoms with Crippen molar-refractivity contribution in [3.8, 4) is 11.5 Å². The van der Waals surface area contributed by atoms with Crippen LogP contribution in [-0.2, 0) is 0 Å². The highest BCUT2D eigenvalue weighted by molar-refractivity contribution is 5.63. The summed E-state index contributed by atoms with van der Waals surface area (Å²) in [6.07, 6.45) is 3.63. The maximum absolute atomic E-state index is 12.0. The molecule has 1 aromatic rings. The molecule has 0 radical (unpaired) electrons. The lowest BCUT2D eigenvalue weighted by molar-refractivity contribution is -0.0514. The Morgan fingerprint density at radius 3 is 3.00 bits per heavy atom. The van der Waals surface area contributed by atoms with Gasteiger partial charge in [0.15, 0.2) is 11.5 Å². The van der Waals surface area contributed by atoms with Crippen LogP contribution < -0.4 is 9.47 Å². The van der Waals surface area contributed by atoms with Crippen molar-refractivity contribution < 1.29 is 18.3 Å². The zero-order valence-corrected chi connectivity index (χ0v) is 7.24. The van der Waals surface area contributed by atoms with E-state index in [1.54, 1.807) is 12.1 Å².